The number of para-hydroxylation sites is 1. The summed E-state index contributed by atoms with van der Waals surface area (Å²) in [5.41, 5.74) is 0.584. The Morgan fingerprint density at radius 2 is 1.95 bits per heavy atom. The minimum absolute atomic E-state index is 0.198. The number of aryl methyl sites for hydroxylation is 1. The molecule has 0 saturated carbocycles. The number of benzene rings is 1. The number of hydrogen-bond acceptors (Lipinski definition) is 3. The molecule has 1 aromatic carbocycles. The molecule has 1 aromatic heterocycles. The Labute approximate surface area is 116 Å². The van der Waals surface area contributed by atoms with E-state index in [1.165, 1.54) is 4.90 Å². The van der Waals surface area contributed by atoms with E-state index in [0.29, 0.717) is 12.2 Å². The summed E-state index contributed by atoms with van der Waals surface area (Å²) in [6.07, 6.45) is 3.60. The van der Waals surface area contributed by atoms with E-state index in [4.69, 9.17) is 5.11 Å². The van der Waals surface area contributed by atoms with Crippen LogP contribution in [0.15, 0.2) is 48.8 Å². The molecule has 6 nitrogen and oxygen atoms in total. The standard InChI is InChI=1S/C14H15N3O3/c18-13(7-10-16-9-4-8-15-16)17(11-14(19)20)12-5-2-1-3-6-12/h1-6,8-9H,7,10-11H2,(H,19,20). The first-order valence-corrected chi connectivity index (χ1v) is 6.21. The first-order valence-electron chi connectivity index (χ1n) is 6.21. The third kappa shape index (κ3) is 3.68. The van der Waals surface area contributed by atoms with Crippen molar-refractivity contribution in [3.05, 3.63) is 48.8 Å². The van der Waals surface area contributed by atoms with Crippen LogP contribution in [0.3, 0.4) is 0 Å². The maximum absolute atomic E-state index is 12.2. The molecule has 6 heteroatoms. The molecule has 0 bridgehead atoms. The Morgan fingerprint density at radius 3 is 2.55 bits per heavy atom. The molecule has 0 fully saturated rings. The zero-order chi connectivity index (χ0) is 14.4. The summed E-state index contributed by atoms with van der Waals surface area (Å²) in [6.45, 7) is 0.0801. The Morgan fingerprint density at radius 1 is 1.20 bits per heavy atom. The third-order valence-corrected chi connectivity index (χ3v) is 2.78. The lowest BCUT2D eigenvalue weighted by Gasteiger charge is -2.20. The molecule has 0 atom stereocenters. The van der Waals surface area contributed by atoms with Crippen LogP contribution in [0.4, 0.5) is 5.69 Å². The van der Waals surface area contributed by atoms with E-state index in [1.807, 2.05) is 6.07 Å². The van der Waals surface area contributed by atoms with Gasteiger partial charge in [0.15, 0.2) is 0 Å². The summed E-state index contributed by atoms with van der Waals surface area (Å²) in [7, 11) is 0. The molecule has 104 valence electrons. The monoisotopic (exact) mass is 273 g/mol. The van der Waals surface area contributed by atoms with Crippen LogP contribution in [0.1, 0.15) is 6.42 Å². The highest BCUT2D eigenvalue weighted by atomic mass is 16.4. The maximum Gasteiger partial charge on any atom is 0.323 e. The second kappa shape index (κ2) is 6.51. The van der Waals surface area contributed by atoms with Crippen molar-refractivity contribution in [2.45, 2.75) is 13.0 Å². The predicted octanol–water partition coefficient (Wildman–Crippen LogP) is 1.39. The molecule has 1 N–H and O–H groups in total. The molecule has 20 heavy (non-hydrogen) atoms. The molecule has 0 aliphatic carbocycles. The lowest BCUT2D eigenvalue weighted by molar-refractivity contribution is -0.136. The number of hydrogen-bond donors (Lipinski definition) is 1. The van der Waals surface area contributed by atoms with Crippen molar-refractivity contribution in [1.29, 1.82) is 0 Å². The molecule has 0 aliphatic rings. The minimum atomic E-state index is -1.04. The highest BCUT2D eigenvalue weighted by Gasteiger charge is 2.18. The van der Waals surface area contributed by atoms with E-state index < -0.39 is 5.97 Å². The van der Waals surface area contributed by atoms with Crippen LogP contribution in [-0.4, -0.2) is 33.3 Å². The number of amides is 1. The van der Waals surface area contributed by atoms with Gasteiger partial charge in [-0.2, -0.15) is 5.10 Å². The molecule has 1 heterocycles. The van der Waals surface area contributed by atoms with E-state index in [9.17, 15) is 9.59 Å². The van der Waals surface area contributed by atoms with E-state index in [2.05, 4.69) is 5.10 Å². The second-order valence-electron chi connectivity index (χ2n) is 4.23. The van der Waals surface area contributed by atoms with Gasteiger partial charge in [-0.15, -0.1) is 0 Å². The predicted molar refractivity (Wildman–Crippen MR) is 73.3 cm³/mol. The highest BCUT2D eigenvalue weighted by molar-refractivity contribution is 5.97. The smallest absolute Gasteiger partial charge is 0.323 e. The molecule has 0 spiro atoms. The molecule has 1 amide bonds. The van der Waals surface area contributed by atoms with Crippen molar-refractivity contribution in [3.63, 3.8) is 0 Å². The van der Waals surface area contributed by atoms with Gasteiger partial charge >= 0.3 is 5.97 Å². The zero-order valence-electron chi connectivity index (χ0n) is 10.8. The lowest BCUT2D eigenvalue weighted by atomic mass is 10.2. The molecule has 0 unspecified atom stereocenters. The van der Waals surface area contributed by atoms with Gasteiger partial charge in [-0.1, -0.05) is 18.2 Å². The van der Waals surface area contributed by atoms with Crippen LogP contribution < -0.4 is 4.90 Å². The Hall–Kier alpha value is -2.63. The largest absolute Gasteiger partial charge is 0.480 e. The van der Waals surface area contributed by atoms with Gasteiger partial charge in [0.05, 0.1) is 0 Å². The van der Waals surface area contributed by atoms with Crippen LogP contribution in [0.5, 0.6) is 0 Å². The molecule has 0 radical (unpaired) electrons. The Kier molecular flexibility index (Phi) is 4.49. The van der Waals surface area contributed by atoms with E-state index in [0.717, 1.165) is 0 Å². The van der Waals surface area contributed by atoms with Crippen LogP contribution in [-0.2, 0) is 16.1 Å². The van der Waals surface area contributed by atoms with Gasteiger partial charge in [0.1, 0.15) is 6.54 Å². The number of aliphatic carboxylic acids is 1. The Balaban J connectivity index is 2.06. The topological polar surface area (TPSA) is 75.4 Å². The van der Waals surface area contributed by atoms with Crippen LogP contribution in [0.25, 0.3) is 0 Å². The molecule has 0 aliphatic heterocycles. The van der Waals surface area contributed by atoms with Gasteiger partial charge < -0.3 is 10.0 Å². The number of anilines is 1. The first-order chi connectivity index (χ1) is 9.66. The number of carbonyl (C=O) groups excluding carboxylic acids is 1. The van der Waals surface area contributed by atoms with Crippen LogP contribution in [0.2, 0.25) is 0 Å². The SMILES string of the molecule is O=C(O)CN(C(=O)CCn1cccn1)c1ccccc1. The van der Waals surface area contributed by atoms with Crippen LogP contribution in [0, 0.1) is 0 Å². The number of rotatable bonds is 6. The highest BCUT2D eigenvalue weighted by Crippen LogP contribution is 2.14. The van der Waals surface area contributed by atoms with Gasteiger partial charge in [-0.05, 0) is 18.2 Å². The summed E-state index contributed by atoms with van der Waals surface area (Å²) >= 11 is 0. The van der Waals surface area contributed by atoms with Crippen molar-refractivity contribution >= 4 is 17.6 Å². The minimum Gasteiger partial charge on any atom is -0.480 e. The summed E-state index contributed by atoms with van der Waals surface area (Å²) in [5, 5.41) is 12.9. The lowest BCUT2D eigenvalue weighted by Crippen LogP contribution is -2.36. The average molecular weight is 273 g/mol. The summed E-state index contributed by atoms with van der Waals surface area (Å²) in [6, 6.07) is 10.6. The first kappa shape index (κ1) is 13.8. The molecule has 2 aromatic rings. The quantitative estimate of drug-likeness (QED) is 0.863. The van der Waals surface area contributed by atoms with Crippen molar-refractivity contribution in [2.75, 3.05) is 11.4 Å². The fourth-order valence-electron chi connectivity index (χ4n) is 1.84. The van der Waals surface area contributed by atoms with E-state index >= 15 is 0 Å². The van der Waals surface area contributed by atoms with E-state index in [-0.39, 0.29) is 18.9 Å². The average Bonchev–Trinajstić information content (AvgIpc) is 2.96. The van der Waals surface area contributed by atoms with Crippen molar-refractivity contribution in [2.24, 2.45) is 0 Å². The maximum atomic E-state index is 12.2. The van der Waals surface area contributed by atoms with Crippen LogP contribution >= 0.6 is 0 Å². The van der Waals surface area contributed by atoms with Crippen molar-refractivity contribution in [3.8, 4) is 0 Å². The fourth-order valence-corrected chi connectivity index (χ4v) is 1.84. The van der Waals surface area contributed by atoms with Gasteiger partial charge in [0, 0.05) is 31.0 Å². The molecular formula is C14H15N3O3. The number of carboxylic acid groups (broad SMARTS) is 1. The summed E-state index contributed by atoms with van der Waals surface area (Å²) in [5.74, 6) is -1.28. The normalized spacial score (nSPS) is 10.2. The zero-order valence-corrected chi connectivity index (χ0v) is 10.8. The van der Waals surface area contributed by atoms with Crippen molar-refractivity contribution in [1.82, 2.24) is 9.78 Å². The van der Waals surface area contributed by atoms with E-state index in [1.54, 1.807) is 47.4 Å². The number of carbonyl (C=O) groups is 2. The van der Waals surface area contributed by atoms with Gasteiger partial charge in [0.25, 0.3) is 0 Å². The molecular weight excluding hydrogens is 258 g/mol. The number of nitrogens with zero attached hydrogens (tertiary/aromatic N) is 3. The number of carboxylic acids is 1. The number of aromatic nitrogens is 2. The second-order valence-corrected chi connectivity index (χ2v) is 4.23. The van der Waals surface area contributed by atoms with Gasteiger partial charge in [-0.25, -0.2) is 0 Å². The van der Waals surface area contributed by atoms with Crippen molar-refractivity contribution < 1.29 is 14.7 Å². The fraction of sp³-hybridized carbons (Fsp3) is 0.214. The van der Waals surface area contributed by atoms with Gasteiger partial charge in [-0.3, -0.25) is 14.3 Å². The third-order valence-electron chi connectivity index (χ3n) is 2.78. The Bertz CT molecular complexity index is 567. The van der Waals surface area contributed by atoms with Gasteiger partial charge in [0.2, 0.25) is 5.91 Å². The summed E-state index contributed by atoms with van der Waals surface area (Å²) < 4.78 is 1.64. The summed E-state index contributed by atoms with van der Waals surface area (Å²) in [4.78, 5) is 24.4. The molecule has 0 saturated heterocycles. The molecule has 2 rings (SSSR count).